The van der Waals surface area contributed by atoms with E-state index in [1.54, 1.807) is 0 Å². The molecule has 0 bridgehead atoms. The van der Waals surface area contributed by atoms with E-state index in [1.165, 1.54) is 24.3 Å². The van der Waals surface area contributed by atoms with Crippen molar-refractivity contribution in [3.63, 3.8) is 0 Å². The third-order valence-corrected chi connectivity index (χ3v) is 5.67. The minimum atomic E-state index is -3.62. The molecule has 0 radical (unpaired) electrons. The average molecular weight is 388 g/mol. The van der Waals surface area contributed by atoms with E-state index in [1.807, 2.05) is 30.3 Å². The van der Waals surface area contributed by atoms with Crippen molar-refractivity contribution >= 4 is 10.0 Å². The van der Waals surface area contributed by atoms with Crippen LogP contribution in [0.25, 0.3) is 0 Å². The van der Waals surface area contributed by atoms with Crippen molar-refractivity contribution in [3.05, 3.63) is 59.7 Å². The second-order valence-electron chi connectivity index (χ2n) is 5.98. The van der Waals surface area contributed by atoms with Gasteiger partial charge in [0.05, 0.1) is 16.5 Å². The molecule has 0 aliphatic rings. The van der Waals surface area contributed by atoms with Gasteiger partial charge in [-0.15, -0.1) is 0 Å². The molecule has 0 fully saturated rings. The number of ether oxygens (including phenoxy) is 1. The summed E-state index contributed by atoms with van der Waals surface area (Å²) < 4.78 is 32.9. The van der Waals surface area contributed by atoms with Gasteiger partial charge < -0.3 is 9.64 Å². The molecule has 0 spiro atoms. The lowest BCUT2D eigenvalue weighted by molar-refractivity contribution is 0.223. The van der Waals surface area contributed by atoms with Crippen molar-refractivity contribution in [2.75, 3.05) is 26.2 Å². The second kappa shape index (κ2) is 10.1. The highest BCUT2D eigenvalue weighted by Gasteiger charge is 2.13. The van der Waals surface area contributed by atoms with Crippen LogP contribution in [-0.2, 0) is 16.6 Å². The summed E-state index contributed by atoms with van der Waals surface area (Å²) in [6.45, 7) is 7.92. The number of rotatable bonds is 10. The first-order chi connectivity index (χ1) is 13.0. The highest BCUT2D eigenvalue weighted by atomic mass is 32.2. The minimum absolute atomic E-state index is 0.137. The number of nitrogens with zero attached hydrogens (tertiary/aromatic N) is 2. The Morgan fingerprint density at radius 2 is 1.67 bits per heavy atom. The number of hydrogen-bond acceptors (Lipinski definition) is 5. The summed E-state index contributed by atoms with van der Waals surface area (Å²) in [6.07, 6.45) is 0. The van der Waals surface area contributed by atoms with Crippen LogP contribution in [0.3, 0.4) is 0 Å². The predicted molar refractivity (Wildman–Crippen MR) is 105 cm³/mol. The van der Waals surface area contributed by atoms with E-state index in [0.29, 0.717) is 12.2 Å². The van der Waals surface area contributed by atoms with Crippen LogP contribution in [0.1, 0.15) is 25.0 Å². The van der Waals surface area contributed by atoms with Gasteiger partial charge in [0.1, 0.15) is 12.4 Å². The van der Waals surface area contributed by atoms with E-state index in [9.17, 15) is 8.42 Å². The molecular weight excluding hydrogens is 362 g/mol. The molecule has 0 saturated heterocycles. The van der Waals surface area contributed by atoms with Gasteiger partial charge in [0.2, 0.25) is 10.0 Å². The Hall–Kier alpha value is -2.40. The third kappa shape index (κ3) is 6.36. The Morgan fingerprint density at radius 1 is 1.04 bits per heavy atom. The zero-order chi connectivity index (χ0) is 19.7. The average Bonchev–Trinajstić information content (AvgIpc) is 2.70. The molecule has 0 amide bonds. The van der Waals surface area contributed by atoms with Gasteiger partial charge in [-0.05, 0) is 55.1 Å². The van der Waals surface area contributed by atoms with Crippen LogP contribution in [-0.4, -0.2) is 39.6 Å². The SMILES string of the molecule is CCN(CC)CCOc1ccc(CNS(=O)(=O)c2ccc(C#N)cc2)cc1. The number of likely N-dealkylation sites (N-methyl/N-ethyl adjacent to an activating group) is 1. The quantitative estimate of drug-likeness (QED) is 0.678. The first-order valence-corrected chi connectivity index (χ1v) is 10.4. The second-order valence-corrected chi connectivity index (χ2v) is 7.75. The first-order valence-electron chi connectivity index (χ1n) is 8.92. The largest absolute Gasteiger partial charge is 0.492 e. The molecule has 0 saturated carbocycles. The van der Waals surface area contributed by atoms with Crippen molar-refractivity contribution in [1.29, 1.82) is 5.26 Å². The van der Waals surface area contributed by atoms with Crippen molar-refractivity contribution in [2.24, 2.45) is 0 Å². The van der Waals surface area contributed by atoms with Gasteiger partial charge in [-0.3, -0.25) is 0 Å². The van der Waals surface area contributed by atoms with Gasteiger partial charge in [0.15, 0.2) is 0 Å². The lowest BCUT2D eigenvalue weighted by atomic mass is 10.2. The topological polar surface area (TPSA) is 82.4 Å². The molecular formula is C20H25N3O3S. The molecule has 7 heteroatoms. The molecule has 0 atom stereocenters. The van der Waals surface area contributed by atoms with Crippen molar-refractivity contribution in [3.8, 4) is 11.8 Å². The number of benzene rings is 2. The maximum atomic E-state index is 12.3. The molecule has 0 aliphatic carbocycles. The fourth-order valence-corrected chi connectivity index (χ4v) is 3.52. The van der Waals surface area contributed by atoms with Gasteiger partial charge in [-0.25, -0.2) is 13.1 Å². The van der Waals surface area contributed by atoms with Crippen LogP contribution in [0.2, 0.25) is 0 Å². The van der Waals surface area contributed by atoms with Gasteiger partial charge in [-0.2, -0.15) is 5.26 Å². The lowest BCUT2D eigenvalue weighted by Crippen LogP contribution is -2.27. The molecule has 1 N–H and O–H groups in total. The van der Waals surface area contributed by atoms with Crippen LogP contribution in [0.5, 0.6) is 5.75 Å². The third-order valence-electron chi connectivity index (χ3n) is 4.25. The van der Waals surface area contributed by atoms with E-state index in [0.717, 1.165) is 30.9 Å². The summed E-state index contributed by atoms with van der Waals surface area (Å²) >= 11 is 0. The standard InChI is InChI=1S/C20H25N3O3S/c1-3-23(4-2)13-14-26-19-9-5-18(6-10-19)16-22-27(24,25)20-11-7-17(15-21)8-12-20/h5-12,22H,3-4,13-14,16H2,1-2H3. The highest BCUT2D eigenvalue weighted by molar-refractivity contribution is 7.89. The van der Waals surface area contributed by atoms with Crippen molar-refractivity contribution in [1.82, 2.24) is 9.62 Å². The lowest BCUT2D eigenvalue weighted by Gasteiger charge is -2.18. The smallest absolute Gasteiger partial charge is 0.240 e. The number of nitrogens with one attached hydrogen (secondary N) is 1. The first kappa shape index (κ1) is 20.9. The van der Waals surface area contributed by atoms with E-state index in [4.69, 9.17) is 10.00 Å². The Kier molecular flexibility index (Phi) is 7.80. The monoisotopic (exact) mass is 387 g/mol. The maximum Gasteiger partial charge on any atom is 0.240 e. The zero-order valence-electron chi connectivity index (χ0n) is 15.7. The fourth-order valence-electron chi connectivity index (χ4n) is 2.51. The highest BCUT2D eigenvalue weighted by Crippen LogP contribution is 2.14. The molecule has 0 heterocycles. The Morgan fingerprint density at radius 3 is 2.22 bits per heavy atom. The summed E-state index contributed by atoms with van der Waals surface area (Å²) in [7, 11) is -3.62. The molecule has 27 heavy (non-hydrogen) atoms. The van der Waals surface area contributed by atoms with Crippen LogP contribution in [0.15, 0.2) is 53.4 Å². The Balaban J connectivity index is 1.87. The van der Waals surface area contributed by atoms with Crippen LogP contribution < -0.4 is 9.46 Å². The van der Waals surface area contributed by atoms with Crippen molar-refractivity contribution in [2.45, 2.75) is 25.3 Å². The Bertz CT molecular complexity index is 853. The summed E-state index contributed by atoms with van der Waals surface area (Å²) in [5.74, 6) is 0.765. The van der Waals surface area contributed by atoms with E-state index >= 15 is 0 Å². The number of sulfonamides is 1. The molecule has 2 aromatic carbocycles. The Labute approximate surface area is 161 Å². The van der Waals surface area contributed by atoms with Gasteiger partial charge in [0, 0.05) is 13.1 Å². The maximum absolute atomic E-state index is 12.3. The molecule has 6 nitrogen and oxygen atoms in total. The van der Waals surface area contributed by atoms with Crippen LogP contribution in [0, 0.1) is 11.3 Å². The van der Waals surface area contributed by atoms with Crippen LogP contribution in [0.4, 0.5) is 0 Å². The minimum Gasteiger partial charge on any atom is -0.492 e. The molecule has 0 aliphatic heterocycles. The number of nitriles is 1. The molecule has 0 unspecified atom stereocenters. The molecule has 2 rings (SSSR count). The normalized spacial score (nSPS) is 11.3. The van der Waals surface area contributed by atoms with Gasteiger partial charge in [0.25, 0.3) is 0 Å². The number of hydrogen-bond donors (Lipinski definition) is 1. The van der Waals surface area contributed by atoms with Crippen molar-refractivity contribution < 1.29 is 13.2 Å². The fraction of sp³-hybridized carbons (Fsp3) is 0.350. The summed E-state index contributed by atoms with van der Waals surface area (Å²) in [5, 5.41) is 8.78. The molecule has 0 aromatic heterocycles. The predicted octanol–water partition coefficient (Wildman–Crippen LogP) is 2.76. The van der Waals surface area contributed by atoms with E-state index in [-0.39, 0.29) is 11.4 Å². The molecule has 2 aromatic rings. The summed E-state index contributed by atoms with van der Waals surface area (Å²) in [6, 6.07) is 15.1. The molecule has 144 valence electrons. The van der Waals surface area contributed by atoms with Gasteiger partial charge in [-0.1, -0.05) is 26.0 Å². The summed E-state index contributed by atoms with van der Waals surface area (Å²) in [4.78, 5) is 2.42. The zero-order valence-corrected chi connectivity index (χ0v) is 16.5. The van der Waals surface area contributed by atoms with Gasteiger partial charge >= 0.3 is 0 Å². The van der Waals surface area contributed by atoms with E-state index < -0.39 is 10.0 Å². The van der Waals surface area contributed by atoms with Crippen LogP contribution >= 0.6 is 0 Å². The summed E-state index contributed by atoms with van der Waals surface area (Å²) in [5.41, 5.74) is 1.26. The van der Waals surface area contributed by atoms with E-state index in [2.05, 4.69) is 23.5 Å².